The van der Waals surface area contributed by atoms with Crippen LogP contribution in [0.5, 0.6) is 5.88 Å². The smallest absolute Gasteiger partial charge is 0.422 e. The van der Waals surface area contributed by atoms with Gasteiger partial charge in [-0.1, -0.05) is 18.2 Å². The van der Waals surface area contributed by atoms with Crippen LogP contribution in [0.25, 0.3) is 10.9 Å². The number of nitrogens with one attached hydrogen (secondary N) is 2. The van der Waals surface area contributed by atoms with E-state index in [0.717, 1.165) is 10.9 Å². The van der Waals surface area contributed by atoms with Crippen molar-refractivity contribution >= 4 is 34.5 Å². The van der Waals surface area contributed by atoms with Gasteiger partial charge in [0.1, 0.15) is 6.04 Å². The minimum absolute atomic E-state index is 0.0695. The Bertz CT molecular complexity index is 1130. The number of ether oxygens (including phenoxy) is 1. The van der Waals surface area contributed by atoms with E-state index < -0.39 is 18.8 Å². The molecule has 0 spiro atoms. The predicted octanol–water partition coefficient (Wildman–Crippen LogP) is 3.34. The van der Waals surface area contributed by atoms with Crippen LogP contribution in [-0.4, -0.2) is 57.1 Å². The number of benzene rings is 1. The van der Waals surface area contributed by atoms with Gasteiger partial charge in [-0.2, -0.15) is 13.2 Å². The molecular formula is C21H19F3N4O3S. The average molecular weight is 464 g/mol. The third-order valence-electron chi connectivity index (χ3n) is 4.92. The molecular weight excluding hydrogens is 445 g/mol. The highest BCUT2D eigenvalue weighted by molar-refractivity contribution is 7.99. The Kier molecular flexibility index (Phi) is 6.26. The fourth-order valence-corrected chi connectivity index (χ4v) is 4.52. The highest BCUT2D eigenvalue weighted by Gasteiger charge is 2.35. The number of amides is 2. The number of hydrogen-bond acceptors (Lipinski definition) is 5. The summed E-state index contributed by atoms with van der Waals surface area (Å²) >= 11 is 1.48. The molecule has 2 aromatic heterocycles. The van der Waals surface area contributed by atoms with Gasteiger partial charge in [0, 0.05) is 41.7 Å². The quantitative estimate of drug-likeness (QED) is 0.585. The Morgan fingerprint density at radius 3 is 2.91 bits per heavy atom. The molecule has 4 rings (SSSR count). The number of pyridine rings is 1. The highest BCUT2D eigenvalue weighted by Crippen LogP contribution is 2.26. The molecule has 11 heteroatoms. The molecule has 3 aromatic rings. The summed E-state index contributed by atoms with van der Waals surface area (Å²) in [6.07, 6.45) is -1.51. The Balaban J connectivity index is 1.39. The van der Waals surface area contributed by atoms with Gasteiger partial charge in [-0.3, -0.25) is 9.59 Å². The predicted molar refractivity (Wildman–Crippen MR) is 113 cm³/mol. The molecule has 1 fully saturated rings. The van der Waals surface area contributed by atoms with Crippen molar-refractivity contribution in [2.75, 3.05) is 18.2 Å². The molecule has 168 valence electrons. The molecule has 0 bridgehead atoms. The monoisotopic (exact) mass is 464 g/mol. The number of para-hydroxylation sites is 1. The fourth-order valence-electron chi connectivity index (χ4n) is 3.37. The minimum atomic E-state index is -4.47. The Morgan fingerprint density at radius 1 is 1.28 bits per heavy atom. The summed E-state index contributed by atoms with van der Waals surface area (Å²) in [5.41, 5.74) is 1.87. The van der Waals surface area contributed by atoms with E-state index in [0.29, 0.717) is 22.8 Å². The van der Waals surface area contributed by atoms with Crippen LogP contribution in [0.4, 0.5) is 13.2 Å². The maximum atomic E-state index is 13.1. The molecule has 0 aliphatic carbocycles. The number of thioether (sulfide) groups is 1. The van der Waals surface area contributed by atoms with Gasteiger partial charge in [0.15, 0.2) is 6.61 Å². The van der Waals surface area contributed by atoms with Crippen molar-refractivity contribution in [3.8, 4) is 5.88 Å². The second-order valence-corrected chi connectivity index (χ2v) is 8.16. The van der Waals surface area contributed by atoms with Crippen LogP contribution in [-0.2, 0) is 11.3 Å². The van der Waals surface area contributed by atoms with Crippen LogP contribution in [0, 0.1) is 0 Å². The zero-order valence-electron chi connectivity index (χ0n) is 16.7. The number of H-pyrrole nitrogens is 1. The van der Waals surface area contributed by atoms with E-state index in [1.54, 1.807) is 12.3 Å². The van der Waals surface area contributed by atoms with Crippen LogP contribution in [0.3, 0.4) is 0 Å². The molecule has 0 radical (unpaired) electrons. The second kappa shape index (κ2) is 9.11. The number of rotatable bonds is 6. The molecule has 0 saturated carbocycles. The zero-order chi connectivity index (χ0) is 22.7. The number of aromatic nitrogens is 2. The van der Waals surface area contributed by atoms with Crippen molar-refractivity contribution in [1.82, 2.24) is 20.2 Å². The van der Waals surface area contributed by atoms with Crippen molar-refractivity contribution < 1.29 is 27.5 Å². The van der Waals surface area contributed by atoms with E-state index in [9.17, 15) is 22.8 Å². The number of carbonyl (C=O) groups is 2. The fraction of sp³-hybridized carbons (Fsp3) is 0.286. The maximum absolute atomic E-state index is 13.1. The number of aromatic amines is 1. The van der Waals surface area contributed by atoms with Gasteiger partial charge in [-0.15, -0.1) is 11.8 Å². The number of halogens is 3. The van der Waals surface area contributed by atoms with E-state index in [4.69, 9.17) is 0 Å². The van der Waals surface area contributed by atoms with E-state index in [1.165, 1.54) is 28.9 Å². The maximum Gasteiger partial charge on any atom is 0.422 e. The summed E-state index contributed by atoms with van der Waals surface area (Å²) in [5, 5.41) is 3.54. The summed E-state index contributed by atoms with van der Waals surface area (Å²) < 4.78 is 41.6. The lowest BCUT2D eigenvalue weighted by molar-refractivity contribution is -0.154. The first-order valence-corrected chi connectivity index (χ1v) is 10.8. The molecule has 3 heterocycles. The first kappa shape index (κ1) is 22.0. The van der Waals surface area contributed by atoms with Gasteiger partial charge in [0.25, 0.3) is 5.91 Å². The largest absolute Gasteiger partial charge is 0.468 e. The number of fused-ring (bicyclic) bond motifs is 1. The Hall–Kier alpha value is -3.21. The minimum Gasteiger partial charge on any atom is -0.468 e. The van der Waals surface area contributed by atoms with Crippen LogP contribution < -0.4 is 10.1 Å². The average Bonchev–Trinajstić information content (AvgIpc) is 3.43. The third-order valence-corrected chi connectivity index (χ3v) is 5.93. The standard InChI is InChI=1S/C21H19F3N4O3S/c22-21(23,24)11-31-18-7-13(5-6-25-18)8-27-19(29)17-10-32-12-28(17)20(30)15-9-26-16-4-2-1-3-14(15)16/h1-7,9,17,26H,8,10-12H2,(H,27,29)/t17-/m1/s1. The summed E-state index contributed by atoms with van der Waals surface area (Å²) in [7, 11) is 0. The van der Waals surface area contributed by atoms with Crippen molar-refractivity contribution in [3.63, 3.8) is 0 Å². The number of carbonyl (C=O) groups excluding carboxylic acids is 2. The molecule has 1 saturated heterocycles. The first-order chi connectivity index (χ1) is 15.3. The molecule has 32 heavy (non-hydrogen) atoms. The number of hydrogen-bond donors (Lipinski definition) is 2. The molecule has 1 aliphatic rings. The van der Waals surface area contributed by atoms with Gasteiger partial charge in [0.2, 0.25) is 11.8 Å². The topological polar surface area (TPSA) is 87.3 Å². The zero-order valence-corrected chi connectivity index (χ0v) is 17.5. The van der Waals surface area contributed by atoms with E-state index in [-0.39, 0.29) is 24.2 Å². The molecule has 2 N–H and O–H groups in total. The molecule has 1 atom stereocenters. The van der Waals surface area contributed by atoms with Gasteiger partial charge in [-0.05, 0) is 17.7 Å². The summed E-state index contributed by atoms with van der Waals surface area (Å²) in [5.74, 6) is 0.0934. The summed E-state index contributed by atoms with van der Waals surface area (Å²) in [6, 6.07) is 9.69. The van der Waals surface area contributed by atoms with Crippen molar-refractivity contribution in [2.24, 2.45) is 0 Å². The van der Waals surface area contributed by atoms with Crippen molar-refractivity contribution in [3.05, 3.63) is 59.9 Å². The van der Waals surface area contributed by atoms with Crippen molar-refractivity contribution in [1.29, 1.82) is 0 Å². The molecule has 1 aromatic carbocycles. The Morgan fingerprint density at radius 2 is 2.09 bits per heavy atom. The van der Waals surface area contributed by atoms with Gasteiger partial charge in [0.05, 0.1) is 11.4 Å². The number of alkyl halides is 3. The number of nitrogens with zero attached hydrogens (tertiary/aromatic N) is 2. The summed E-state index contributed by atoms with van der Waals surface area (Å²) in [4.78, 5) is 34.2. The molecule has 1 aliphatic heterocycles. The lowest BCUT2D eigenvalue weighted by atomic mass is 10.1. The van der Waals surface area contributed by atoms with Gasteiger partial charge in [-0.25, -0.2) is 4.98 Å². The van der Waals surface area contributed by atoms with Crippen molar-refractivity contribution in [2.45, 2.75) is 18.8 Å². The first-order valence-electron chi connectivity index (χ1n) is 9.69. The van der Waals surface area contributed by atoms with Crippen LogP contribution in [0.15, 0.2) is 48.8 Å². The van der Waals surface area contributed by atoms with Gasteiger partial charge >= 0.3 is 6.18 Å². The SMILES string of the molecule is O=C(NCc1ccnc(OCC(F)(F)F)c1)[C@H]1CSCN1C(=O)c1c[nH]c2ccccc12. The molecule has 7 nitrogen and oxygen atoms in total. The van der Waals surface area contributed by atoms with Gasteiger partial charge < -0.3 is 19.9 Å². The van der Waals surface area contributed by atoms with E-state index >= 15 is 0 Å². The van der Waals surface area contributed by atoms with E-state index in [1.807, 2.05) is 24.3 Å². The Labute approximate surface area is 185 Å². The normalized spacial score (nSPS) is 16.3. The summed E-state index contributed by atoms with van der Waals surface area (Å²) in [6.45, 7) is -1.37. The lowest BCUT2D eigenvalue weighted by Gasteiger charge is -2.23. The van der Waals surface area contributed by atoms with Crippen LogP contribution >= 0.6 is 11.8 Å². The van der Waals surface area contributed by atoms with Crippen LogP contribution in [0.2, 0.25) is 0 Å². The second-order valence-electron chi connectivity index (χ2n) is 7.16. The third kappa shape index (κ3) is 4.98. The van der Waals surface area contributed by atoms with E-state index in [2.05, 4.69) is 20.0 Å². The van der Waals surface area contributed by atoms with Crippen LogP contribution in [0.1, 0.15) is 15.9 Å². The lowest BCUT2D eigenvalue weighted by Crippen LogP contribution is -2.47. The molecule has 0 unspecified atom stereocenters. The molecule has 2 amide bonds. The highest BCUT2D eigenvalue weighted by atomic mass is 32.2.